The third-order valence-corrected chi connectivity index (χ3v) is 5.22. The zero-order valence-electron chi connectivity index (χ0n) is 13.9. The van der Waals surface area contributed by atoms with E-state index in [-0.39, 0.29) is 24.0 Å². The molecule has 0 radical (unpaired) electrons. The Hall–Kier alpha value is -1.40. The van der Waals surface area contributed by atoms with E-state index in [1.807, 2.05) is 11.1 Å². The number of nitrogens with zero attached hydrogens (tertiary/aromatic N) is 3. The molecule has 0 bridgehead atoms. The van der Waals surface area contributed by atoms with Gasteiger partial charge in [0.1, 0.15) is 5.69 Å². The van der Waals surface area contributed by atoms with Crippen LogP contribution < -0.4 is 0 Å². The number of carbonyl (C=O) groups is 1. The second-order valence-corrected chi connectivity index (χ2v) is 6.68. The summed E-state index contributed by atoms with van der Waals surface area (Å²) < 4.78 is 6.79. The minimum atomic E-state index is -0.263. The average Bonchev–Trinajstić information content (AvgIpc) is 3.22. The highest BCUT2D eigenvalue weighted by Crippen LogP contribution is 2.35. The van der Waals surface area contributed by atoms with Gasteiger partial charge in [0, 0.05) is 31.8 Å². The molecular weight excluding hydrogens is 294 g/mol. The quantitative estimate of drug-likeness (QED) is 0.896. The maximum absolute atomic E-state index is 12.8. The van der Waals surface area contributed by atoms with E-state index in [1.54, 1.807) is 17.9 Å². The van der Waals surface area contributed by atoms with E-state index in [0.717, 1.165) is 45.1 Å². The van der Waals surface area contributed by atoms with E-state index in [0.29, 0.717) is 18.8 Å². The summed E-state index contributed by atoms with van der Waals surface area (Å²) in [5.74, 6) is 0.229. The van der Waals surface area contributed by atoms with Gasteiger partial charge < -0.3 is 14.7 Å². The summed E-state index contributed by atoms with van der Waals surface area (Å²) in [7, 11) is 1.65. The molecule has 2 fully saturated rings. The number of ether oxygens (including phenoxy) is 1. The molecule has 3 atom stereocenters. The molecular formula is C17H27N3O3. The predicted molar refractivity (Wildman–Crippen MR) is 86.1 cm³/mol. The van der Waals surface area contributed by atoms with Gasteiger partial charge in [0.15, 0.2) is 0 Å². The first-order chi connectivity index (χ1) is 11.2. The Labute approximate surface area is 137 Å². The van der Waals surface area contributed by atoms with Gasteiger partial charge in [-0.2, -0.15) is 5.10 Å². The van der Waals surface area contributed by atoms with Crippen molar-refractivity contribution in [3.05, 3.63) is 18.0 Å². The number of amides is 1. The number of hydrogen-bond donors (Lipinski definition) is 1. The first kappa shape index (κ1) is 16.5. The summed E-state index contributed by atoms with van der Waals surface area (Å²) in [6.45, 7) is 2.00. The fourth-order valence-electron chi connectivity index (χ4n) is 4.01. The van der Waals surface area contributed by atoms with E-state index in [1.165, 1.54) is 0 Å². The molecule has 128 valence electrons. The van der Waals surface area contributed by atoms with Crippen LogP contribution in [0, 0.1) is 5.92 Å². The lowest BCUT2D eigenvalue weighted by atomic mass is 9.80. The number of aromatic nitrogens is 2. The van der Waals surface area contributed by atoms with Crippen LogP contribution in [0.25, 0.3) is 0 Å². The molecule has 23 heavy (non-hydrogen) atoms. The normalized spacial score (nSPS) is 28.3. The highest BCUT2D eigenvalue weighted by atomic mass is 16.5. The molecule has 1 aromatic heterocycles. The second kappa shape index (κ2) is 7.45. The molecule has 0 aromatic carbocycles. The number of methoxy groups -OCH3 is 1. The average molecular weight is 321 g/mol. The first-order valence-electron chi connectivity index (χ1n) is 8.72. The number of rotatable bonds is 5. The van der Waals surface area contributed by atoms with Gasteiger partial charge in [-0.25, -0.2) is 0 Å². The van der Waals surface area contributed by atoms with E-state index in [9.17, 15) is 9.90 Å². The van der Waals surface area contributed by atoms with Crippen LogP contribution in [0.4, 0.5) is 0 Å². The van der Waals surface area contributed by atoms with Gasteiger partial charge in [-0.3, -0.25) is 9.48 Å². The molecule has 1 amide bonds. The smallest absolute Gasteiger partial charge is 0.274 e. The van der Waals surface area contributed by atoms with E-state index in [2.05, 4.69) is 5.10 Å². The Morgan fingerprint density at radius 3 is 2.96 bits per heavy atom. The van der Waals surface area contributed by atoms with Gasteiger partial charge in [-0.05, 0) is 31.7 Å². The lowest BCUT2D eigenvalue weighted by molar-refractivity contribution is 0.0209. The molecule has 1 aliphatic heterocycles. The maximum atomic E-state index is 12.8. The third-order valence-electron chi connectivity index (χ3n) is 5.22. The predicted octanol–water partition coefficient (Wildman–Crippen LogP) is 1.69. The topological polar surface area (TPSA) is 67.6 Å². The first-order valence-corrected chi connectivity index (χ1v) is 8.72. The van der Waals surface area contributed by atoms with Crippen molar-refractivity contribution in [3.8, 4) is 0 Å². The zero-order chi connectivity index (χ0) is 16.2. The standard InChI is InChI=1S/C17H27N3O3/c1-23-12-11-19-10-8-14(18-19)17(22)20-9-4-6-15(20)13-5-2-3-7-16(13)21/h8,10,13,15-16,21H,2-7,9,11-12H2,1H3/t13-,15-,16+/m1/s1. The minimum Gasteiger partial charge on any atom is -0.393 e. The van der Waals surface area contributed by atoms with Gasteiger partial charge in [-0.15, -0.1) is 0 Å². The summed E-state index contributed by atoms with van der Waals surface area (Å²) in [5, 5.41) is 14.7. The fraction of sp³-hybridized carbons (Fsp3) is 0.765. The molecule has 0 unspecified atom stereocenters. The van der Waals surface area contributed by atoms with Crippen LogP contribution in [-0.2, 0) is 11.3 Å². The SMILES string of the molecule is COCCn1ccc(C(=O)N2CCC[C@@H]2[C@H]2CCCC[C@@H]2O)n1. The van der Waals surface area contributed by atoms with Crippen LogP contribution in [0.3, 0.4) is 0 Å². The number of carbonyl (C=O) groups excluding carboxylic acids is 1. The summed E-state index contributed by atoms with van der Waals surface area (Å²) in [6, 6.07) is 1.95. The van der Waals surface area contributed by atoms with E-state index < -0.39 is 0 Å². The van der Waals surface area contributed by atoms with Crippen LogP contribution in [0.1, 0.15) is 49.0 Å². The van der Waals surface area contributed by atoms with Gasteiger partial charge >= 0.3 is 0 Å². The van der Waals surface area contributed by atoms with Crippen molar-refractivity contribution in [1.82, 2.24) is 14.7 Å². The van der Waals surface area contributed by atoms with Crippen LogP contribution in [0.5, 0.6) is 0 Å². The minimum absolute atomic E-state index is 0.00133. The molecule has 3 rings (SSSR count). The molecule has 2 heterocycles. The second-order valence-electron chi connectivity index (χ2n) is 6.68. The number of likely N-dealkylation sites (tertiary alicyclic amines) is 1. The van der Waals surface area contributed by atoms with Crippen LogP contribution >= 0.6 is 0 Å². The van der Waals surface area contributed by atoms with Crippen LogP contribution in [-0.4, -0.2) is 58.1 Å². The molecule has 1 aromatic rings. The molecule has 6 heteroatoms. The van der Waals surface area contributed by atoms with Gasteiger partial charge in [0.25, 0.3) is 5.91 Å². The lowest BCUT2D eigenvalue weighted by Gasteiger charge is -2.37. The Bertz CT molecular complexity index is 531. The van der Waals surface area contributed by atoms with Crippen molar-refractivity contribution in [2.24, 2.45) is 5.92 Å². The zero-order valence-corrected chi connectivity index (χ0v) is 13.9. The summed E-state index contributed by atoms with van der Waals surface area (Å²) in [5.41, 5.74) is 0.498. The number of aliphatic hydroxyl groups excluding tert-OH is 1. The van der Waals surface area contributed by atoms with Gasteiger partial charge in [0.05, 0.1) is 19.3 Å². The fourth-order valence-corrected chi connectivity index (χ4v) is 4.01. The number of hydrogen-bond acceptors (Lipinski definition) is 4. The van der Waals surface area contributed by atoms with Gasteiger partial charge in [-0.1, -0.05) is 12.8 Å². The molecule has 0 spiro atoms. The largest absolute Gasteiger partial charge is 0.393 e. The number of aliphatic hydroxyl groups is 1. The summed E-state index contributed by atoms with van der Waals surface area (Å²) >= 11 is 0. The van der Waals surface area contributed by atoms with Crippen molar-refractivity contribution >= 4 is 5.91 Å². The van der Waals surface area contributed by atoms with Crippen molar-refractivity contribution in [1.29, 1.82) is 0 Å². The molecule has 1 saturated carbocycles. The van der Waals surface area contributed by atoms with Crippen molar-refractivity contribution in [2.75, 3.05) is 20.3 Å². The maximum Gasteiger partial charge on any atom is 0.274 e. The Balaban J connectivity index is 1.69. The van der Waals surface area contributed by atoms with Crippen LogP contribution in [0.15, 0.2) is 12.3 Å². The molecule has 1 aliphatic carbocycles. The van der Waals surface area contributed by atoms with Crippen molar-refractivity contribution in [2.45, 2.75) is 57.2 Å². The Morgan fingerprint density at radius 2 is 2.17 bits per heavy atom. The highest BCUT2D eigenvalue weighted by molar-refractivity contribution is 5.92. The monoisotopic (exact) mass is 321 g/mol. The van der Waals surface area contributed by atoms with Crippen molar-refractivity contribution in [3.63, 3.8) is 0 Å². The highest BCUT2D eigenvalue weighted by Gasteiger charge is 2.39. The van der Waals surface area contributed by atoms with Gasteiger partial charge in [0.2, 0.25) is 0 Å². The summed E-state index contributed by atoms with van der Waals surface area (Å²) in [4.78, 5) is 14.8. The molecule has 1 saturated heterocycles. The summed E-state index contributed by atoms with van der Waals surface area (Å²) in [6.07, 6.45) is 7.73. The van der Waals surface area contributed by atoms with Crippen molar-refractivity contribution < 1.29 is 14.6 Å². The Morgan fingerprint density at radius 1 is 1.35 bits per heavy atom. The van der Waals surface area contributed by atoms with E-state index in [4.69, 9.17) is 4.74 Å². The molecule has 2 aliphatic rings. The lowest BCUT2D eigenvalue weighted by Crippen LogP contribution is -2.45. The Kier molecular flexibility index (Phi) is 5.33. The van der Waals surface area contributed by atoms with Crippen LogP contribution in [0.2, 0.25) is 0 Å². The van der Waals surface area contributed by atoms with E-state index >= 15 is 0 Å². The molecule has 6 nitrogen and oxygen atoms in total. The third kappa shape index (κ3) is 3.58. The molecule has 1 N–H and O–H groups in total.